The number of nitrogens with zero attached hydrogens (tertiary/aromatic N) is 3. The Morgan fingerprint density at radius 2 is 2.22 bits per heavy atom. The number of hydrogen-bond acceptors (Lipinski definition) is 4. The second kappa shape index (κ2) is 5.64. The summed E-state index contributed by atoms with van der Waals surface area (Å²) in [5, 5.41) is 7.31. The van der Waals surface area contributed by atoms with Crippen molar-refractivity contribution in [1.82, 2.24) is 20.1 Å². The SMILES string of the molecule is CNCc1ccc(COc2cc(C)nn2C)nc1. The van der Waals surface area contributed by atoms with Gasteiger partial charge in [0.2, 0.25) is 5.88 Å². The Kier molecular flexibility index (Phi) is 3.94. The van der Waals surface area contributed by atoms with E-state index >= 15 is 0 Å². The Labute approximate surface area is 107 Å². The van der Waals surface area contributed by atoms with Gasteiger partial charge in [0.25, 0.3) is 0 Å². The van der Waals surface area contributed by atoms with Crippen molar-refractivity contribution < 1.29 is 4.74 Å². The average Bonchev–Trinajstić information content (AvgIpc) is 2.67. The van der Waals surface area contributed by atoms with Crippen molar-refractivity contribution in [3.8, 4) is 5.88 Å². The topological polar surface area (TPSA) is 52.0 Å². The van der Waals surface area contributed by atoms with Crippen molar-refractivity contribution in [3.05, 3.63) is 41.3 Å². The maximum Gasteiger partial charge on any atom is 0.212 e. The molecule has 0 radical (unpaired) electrons. The Morgan fingerprint density at radius 3 is 2.78 bits per heavy atom. The number of hydrogen-bond donors (Lipinski definition) is 1. The third-order valence-corrected chi connectivity index (χ3v) is 2.59. The molecule has 0 atom stereocenters. The zero-order chi connectivity index (χ0) is 13.0. The number of ether oxygens (including phenoxy) is 1. The lowest BCUT2D eigenvalue weighted by atomic mass is 10.2. The van der Waals surface area contributed by atoms with Crippen molar-refractivity contribution in [3.63, 3.8) is 0 Å². The van der Waals surface area contributed by atoms with Crippen LogP contribution in [0.1, 0.15) is 17.0 Å². The smallest absolute Gasteiger partial charge is 0.212 e. The van der Waals surface area contributed by atoms with Gasteiger partial charge in [0.15, 0.2) is 0 Å². The summed E-state index contributed by atoms with van der Waals surface area (Å²) >= 11 is 0. The number of aryl methyl sites for hydroxylation is 2. The Balaban J connectivity index is 1.95. The molecule has 5 heteroatoms. The van der Waals surface area contributed by atoms with Gasteiger partial charge in [-0.1, -0.05) is 6.07 Å². The van der Waals surface area contributed by atoms with Crippen LogP contribution in [-0.4, -0.2) is 21.8 Å². The second-order valence-electron chi connectivity index (χ2n) is 4.22. The molecule has 5 nitrogen and oxygen atoms in total. The quantitative estimate of drug-likeness (QED) is 0.867. The molecule has 0 bridgehead atoms. The molecule has 0 aliphatic heterocycles. The third-order valence-electron chi connectivity index (χ3n) is 2.59. The predicted molar refractivity (Wildman–Crippen MR) is 69.3 cm³/mol. The molecule has 0 aliphatic rings. The van der Waals surface area contributed by atoms with Crippen LogP contribution in [0.4, 0.5) is 0 Å². The molecule has 2 rings (SSSR count). The molecule has 18 heavy (non-hydrogen) atoms. The van der Waals surface area contributed by atoms with Gasteiger partial charge >= 0.3 is 0 Å². The summed E-state index contributed by atoms with van der Waals surface area (Å²) in [6, 6.07) is 5.95. The zero-order valence-corrected chi connectivity index (χ0v) is 11.0. The molecule has 0 aromatic carbocycles. The number of rotatable bonds is 5. The maximum atomic E-state index is 5.67. The van der Waals surface area contributed by atoms with Crippen molar-refractivity contribution >= 4 is 0 Å². The molecule has 2 aromatic heterocycles. The van der Waals surface area contributed by atoms with Crippen LogP contribution >= 0.6 is 0 Å². The van der Waals surface area contributed by atoms with Crippen molar-refractivity contribution in [2.75, 3.05) is 7.05 Å². The van der Waals surface area contributed by atoms with Gasteiger partial charge in [0, 0.05) is 25.9 Å². The first-order valence-electron chi connectivity index (χ1n) is 5.91. The van der Waals surface area contributed by atoms with Crippen LogP contribution in [0.5, 0.6) is 5.88 Å². The highest BCUT2D eigenvalue weighted by atomic mass is 16.5. The highest BCUT2D eigenvalue weighted by Gasteiger charge is 2.03. The second-order valence-corrected chi connectivity index (χ2v) is 4.22. The van der Waals surface area contributed by atoms with Crippen LogP contribution in [0, 0.1) is 6.92 Å². The summed E-state index contributed by atoms with van der Waals surface area (Å²) < 4.78 is 7.39. The number of nitrogens with one attached hydrogen (secondary N) is 1. The van der Waals surface area contributed by atoms with Crippen LogP contribution in [0.2, 0.25) is 0 Å². The minimum absolute atomic E-state index is 0.457. The van der Waals surface area contributed by atoms with E-state index in [-0.39, 0.29) is 0 Å². The van der Waals surface area contributed by atoms with E-state index in [0.717, 1.165) is 29.4 Å². The Hall–Kier alpha value is -1.88. The maximum absolute atomic E-state index is 5.67. The van der Waals surface area contributed by atoms with Crippen molar-refractivity contribution in [1.29, 1.82) is 0 Å². The Bertz CT molecular complexity index is 504. The summed E-state index contributed by atoms with van der Waals surface area (Å²) in [5.41, 5.74) is 3.02. The summed E-state index contributed by atoms with van der Waals surface area (Å²) in [6.07, 6.45) is 1.86. The van der Waals surface area contributed by atoms with E-state index in [9.17, 15) is 0 Å². The molecule has 1 N–H and O–H groups in total. The van der Waals surface area contributed by atoms with Gasteiger partial charge in [0.05, 0.1) is 11.4 Å². The van der Waals surface area contributed by atoms with E-state index in [4.69, 9.17) is 4.74 Å². The largest absolute Gasteiger partial charge is 0.471 e. The van der Waals surface area contributed by atoms with Gasteiger partial charge < -0.3 is 10.1 Å². The normalized spacial score (nSPS) is 10.6. The summed E-state index contributed by atoms with van der Waals surface area (Å²) in [5.74, 6) is 0.758. The standard InChI is InChI=1S/C13H18N4O/c1-10-6-13(17(3)16-10)18-9-12-5-4-11(7-14-2)8-15-12/h4-6,8,14H,7,9H2,1-3H3. The molecule has 0 saturated heterocycles. The number of aromatic nitrogens is 3. The summed E-state index contributed by atoms with van der Waals surface area (Å²) in [6.45, 7) is 3.23. The Morgan fingerprint density at radius 1 is 1.39 bits per heavy atom. The van der Waals surface area contributed by atoms with Gasteiger partial charge in [-0.05, 0) is 25.6 Å². The first kappa shape index (κ1) is 12.6. The molecule has 2 aromatic rings. The van der Waals surface area contributed by atoms with E-state index in [1.54, 1.807) is 4.68 Å². The highest BCUT2D eigenvalue weighted by molar-refractivity contribution is 5.16. The molecular formula is C13H18N4O. The third kappa shape index (κ3) is 3.07. The van der Waals surface area contributed by atoms with Crippen molar-refractivity contribution in [2.45, 2.75) is 20.1 Å². The van der Waals surface area contributed by atoms with E-state index in [1.165, 1.54) is 0 Å². The van der Waals surface area contributed by atoms with Crippen LogP contribution in [0.25, 0.3) is 0 Å². The lowest BCUT2D eigenvalue weighted by molar-refractivity contribution is 0.274. The van der Waals surface area contributed by atoms with E-state index < -0.39 is 0 Å². The van der Waals surface area contributed by atoms with E-state index in [1.807, 2.05) is 39.3 Å². The number of pyridine rings is 1. The monoisotopic (exact) mass is 246 g/mol. The molecule has 0 amide bonds. The first-order chi connectivity index (χ1) is 8.69. The molecule has 0 unspecified atom stereocenters. The summed E-state index contributed by atoms with van der Waals surface area (Å²) in [7, 11) is 3.79. The fourth-order valence-corrected chi connectivity index (χ4v) is 1.72. The fraction of sp³-hybridized carbons (Fsp3) is 0.385. The molecule has 96 valence electrons. The van der Waals surface area contributed by atoms with E-state index in [2.05, 4.69) is 21.5 Å². The van der Waals surface area contributed by atoms with Gasteiger partial charge in [-0.2, -0.15) is 5.10 Å². The average molecular weight is 246 g/mol. The van der Waals surface area contributed by atoms with Crippen LogP contribution in [0.15, 0.2) is 24.4 Å². The van der Waals surface area contributed by atoms with Crippen LogP contribution < -0.4 is 10.1 Å². The van der Waals surface area contributed by atoms with Gasteiger partial charge in [-0.25, -0.2) is 4.68 Å². The minimum Gasteiger partial charge on any atom is -0.471 e. The van der Waals surface area contributed by atoms with Gasteiger partial charge in [0.1, 0.15) is 6.61 Å². The predicted octanol–water partition coefficient (Wildman–Crippen LogP) is 1.42. The van der Waals surface area contributed by atoms with Crippen LogP contribution in [0.3, 0.4) is 0 Å². The molecular weight excluding hydrogens is 228 g/mol. The summed E-state index contributed by atoms with van der Waals surface area (Å²) in [4.78, 5) is 4.35. The van der Waals surface area contributed by atoms with Crippen molar-refractivity contribution in [2.24, 2.45) is 7.05 Å². The fourth-order valence-electron chi connectivity index (χ4n) is 1.72. The molecule has 0 fully saturated rings. The lowest BCUT2D eigenvalue weighted by Crippen LogP contribution is -2.06. The van der Waals surface area contributed by atoms with Gasteiger partial charge in [-0.15, -0.1) is 0 Å². The molecule has 0 saturated carbocycles. The van der Waals surface area contributed by atoms with E-state index in [0.29, 0.717) is 6.61 Å². The minimum atomic E-state index is 0.457. The molecule has 0 aliphatic carbocycles. The molecule has 2 heterocycles. The first-order valence-corrected chi connectivity index (χ1v) is 5.91. The zero-order valence-electron chi connectivity index (χ0n) is 11.0. The lowest BCUT2D eigenvalue weighted by Gasteiger charge is -2.06. The van der Waals surface area contributed by atoms with Crippen LogP contribution in [-0.2, 0) is 20.2 Å². The molecule has 0 spiro atoms. The van der Waals surface area contributed by atoms with Gasteiger partial charge in [-0.3, -0.25) is 4.98 Å². The highest BCUT2D eigenvalue weighted by Crippen LogP contribution is 2.12.